The van der Waals surface area contributed by atoms with E-state index in [9.17, 15) is 4.79 Å². The Morgan fingerprint density at radius 1 is 1.09 bits per heavy atom. The van der Waals surface area contributed by atoms with Crippen LogP contribution in [0, 0.1) is 0 Å². The Hall–Kier alpha value is -3.03. The van der Waals surface area contributed by atoms with Gasteiger partial charge in [-0.25, -0.2) is 4.98 Å². The van der Waals surface area contributed by atoms with E-state index in [4.69, 9.17) is 10.1 Å². The van der Waals surface area contributed by atoms with Crippen LogP contribution in [0.25, 0.3) is 10.2 Å². The highest BCUT2D eigenvalue weighted by atomic mass is 32.1. The van der Waals surface area contributed by atoms with Crippen molar-refractivity contribution in [2.75, 3.05) is 21.1 Å². The molecule has 1 atom stereocenters. The summed E-state index contributed by atoms with van der Waals surface area (Å²) in [5, 5.41) is 5.94. The van der Waals surface area contributed by atoms with E-state index in [1.54, 1.807) is 30.3 Å². The zero-order valence-electron chi connectivity index (χ0n) is 19.4. The van der Waals surface area contributed by atoms with Gasteiger partial charge in [-0.05, 0) is 44.0 Å². The van der Waals surface area contributed by atoms with E-state index >= 15 is 0 Å². The standard InChI is InChI=1S/C26H29N5OS/c1-29(2)26(32)25-20-15-19(30(3)17-24-27-21-11-7-8-12-23(21)33-24)13-14-22(20)31(28-25)16-18-9-5-4-6-10-18/h4-12,19H,13-17H2,1-3H3. The van der Waals surface area contributed by atoms with E-state index in [-0.39, 0.29) is 5.91 Å². The summed E-state index contributed by atoms with van der Waals surface area (Å²) in [6.45, 7) is 1.50. The number of aromatic nitrogens is 3. The van der Waals surface area contributed by atoms with Gasteiger partial charge in [-0.2, -0.15) is 5.10 Å². The number of carbonyl (C=O) groups excluding carboxylic acids is 1. The van der Waals surface area contributed by atoms with Crippen molar-refractivity contribution >= 4 is 27.5 Å². The molecule has 5 rings (SSSR count). The van der Waals surface area contributed by atoms with Gasteiger partial charge in [0.1, 0.15) is 5.01 Å². The topological polar surface area (TPSA) is 54.3 Å². The zero-order valence-corrected chi connectivity index (χ0v) is 20.2. The van der Waals surface area contributed by atoms with Crippen LogP contribution in [0.3, 0.4) is 0 Å². The number of carbonyl (C=O) groups is 1. The third-order valence-electron chi connectivity index (χ3n) is 6.45. The molecule has 33 heavy (non-hydrogen) atoms. The largest absolute Gasteiger partial charge is 0.343 e. The second kappa shape index (κ2) is 9.08. The lowest BCUT2D eigenvalue weighted by atomic mass is 9.90. The Labute approximate surface area is 198 Å². The van der Waals surface area contributed by atoms with Gasteiger partial charge in [0.2, 0.25) is 0 Å². The first-order valence-corrected chi connectivity index (χ1v) is 12.2. The van der Waals surface area contributed by atoms with Crippen molar-refractivity contribution in [1.82, 2.24) is 24.6 Å². The van der Waals surface area contributed by atoms with Crippen LogP contribution in [-0.2, 0) is 25.9 Å². The Morgan fingerprint density at radius 3 is 2.61 bits per heavy atom. The Kier molecular flexibility index (Phi) is 6.00. The van der Waals surface area contributed by atoms with Crippen LogP contribution in [0.1, 0.15) is 38.7 Å². The summed E-state index contributed by atoms with van der Waals surface area (Å²) in [6, 6.07) is 19.0. The molecule has 170 valence electrons. The lowest BCUT2D eigenvalue weighted by Gasteiger charge is -2.31. The molecule has 0 bridgehead atoms. The highest BCUT2D eigenvalue weighted by molar-refractivity contribution is 7.18. The number of para-hydroxylation sites is 1. The van der Waals surface area contributed by atoms with E-state index in [0.29, 0.717) is 18.3 Å². The molecule has 0 fully saturated rings. The van der Waals surface area contributed by atoms with E-state index in [1.807, 2.05) is 28.9 Å². The lowest BCUT2D eigenvalue weighted by molar-refractivity contribution is 0.0819. The molecular formula is C26H29N5OS. The number of rotatable bonds is 6. The fraction of sp³-hybridized carbons (Fsp3) is 0.346. The highest BCUT2D eigenvalue weighted by Gasteiger charge is 2.31. The smallest absolute Gasteiger partial charge is 0.274 e. The minimum Gasteiger partial charge on any atom is -0.343 e. The quantitative estimate of drug-likeness (QED) is 0.433. The molecule has 0 saturated carbocycles. The van der Waals surface area contributed by atoms with Crippen molar-refractivity contribution in [3.63, 3.8) is 0 Å². The predicted molar refractivity (Wildman–Crippen MR) is 133 cm³/mol. The van der Waals surface area contributed by atoms with Crippen LogP contribution in [-0.4, -0.2) is 57.7 Å². The zero-order chi connectivity index (χ0) is 22.9. The average Bonchev–Trinajstić information content (AvgIpc) is 3.39. The monoisotopic (exact) mass is 459 g/mol. The number of fused-ring (bicyclic) bond motifs is 2. The molecular weight excluding hydrogens is 430 g/mol. The maximum absolute atomic E-state index is 13.0. The van der Waals surface area contributed by atoms with Gasteiger partial charge >= 0.3 is 0 Å². The molecule has 7 heteroatoms. The second-order valence-corrected chi connectivity index (χ2v) is 10.1. The van der Waals surface area contributed by atoms with Crippen molar-refractivity contribution in [3.05, 3.63) is 82.1 Å². The number of nitrogens with zero attached hydrogens (tertiary/aromatic N) is 5. The van der Waals surface area contributed by atoms with Gasteiger partial charge in [0.15, 0.2) is 5.69 Å². The third-order valence-corrected chi connectivity index (χ3v) is 7.47. The summed E-state index contributed by atoms with van der Waals surface area (Å²) >= 11 is 1.76. The van der Waals surface area contributed by atoms with Crippen LogP contribution in [0.15, 0.2) is 54.6 Å². The van der Waals surface area contributed by atoms with E-state index in [2.05, 4.69) is 42.3 Å². The fourth-order valence-electron chi connectivity index (χ4n) is 4.65. The first-order valence-electron chi connectivity index (χ1n) is 11.4. The number of hydrogen-bond acceptors (Lipinski definition) is 5. The summed E-state index contributed by atoms with van der Waals surface area (Å²) < 4.78 is 3.28. The normalized spacial score (nSPS) is 15.7. The van der Waals surface area contributed by atoms with Crippen LogP contribution in [0.4, 0.5) is 0 Å². The first-order chi connectivity index (χ1) is 16.0. The molecule has 1 aliphatic rings. The molecule has 1 aliphatic carbocycles. The van der Waals surface area contributed by atoms with Crippen molar-refractivity contribution in [1.29, 1.82) is 0 Å². The molecule has 0 saturated heterocycles. The maximum Gasteiger partial charge on any atom is 0.274 e. The molecule has 2 aromatic carbocycles. The number of amides is 1. The van der Waals surface area contributed by atoms with Crippen molar-refractivity contribution in [2.24, 2.45) is 0 Å². The Balaban J connectivity index is 1.40. The summed E-state index contributed by atoms with van der Waals surface area (Å²) in [7, 11) is 5.76. The van der Waals surface area contributed by atoms with Gasteiger partial charge in [0.05, 0.1) is 23.3 Å². The minimum absolute atomic E-state index is 0.0208. The predicted octanol–water partition coefficient (Wildman–Crippen LogP) is 4.23. The summed E-state index contributed by atoms with van der Waals surface area (Å²) in [5.74, 6) is -0.0208. The molecule has 2 aromatic heterocycles. The van der Waals surface area contributed by atoms with Crippen LogP contribution in [0.2, 0.25) is 0 Å². The van der Waals surface area contributed by atoms with Crippen molar-refractivity contribution < 1.29 is 4.79 Å². The number of thiazole rings is 1. The summed E-state index contributed by atoms with van der Waals surface area (Å²) in [4.78, 5) is 21.8. The van der Waals surface area contributed by atoms with Crippen LogP contribution < -0.4 is 0 Å². The fourth-order valence-corrected chi connectivity index (χ4v) is 5.68. The highest BCUT2D eigenvalue weighted by Crippen LogP contribution is 2.30. The summed E-state index contributed by atoms with van der Waals surface area (Å²) in [5.41, 5.74) is 5.18. The molecule has 0 N–H and O–H groups in total. The number of benzene rings is 2. The van der Waals surface area contributed by atoms with Gasteiger partial charge < -0.3 is 4.90 Å². The van der Waals surface area contributed by atoms with Gasteiger partial charge in [-0.1, -0.05) is 42.5 Å². The Bertz CT molecular complexity index is 1240. The molecule has 1 unspecified atom stereocenters. The second-order valence-electron chi connectivity index (χ2n) is 9.00. The van der Waals surface area contributed by atoms with E-state index < -0.39 is 0 Å². The SMILES string of the molecule is CN(C)C(=O)c1nn(Cc2ccccc2)c2c1CC(N(C)Cc1nc3ccccc3s1)CC2. The maximum atomic E-state index is 13.0. The van der Waals surface area contributed by atoms with E-state index in [1.165, 1.54) is 16.0 Å². The third kappa shape index (κ3) is 4.43. The molecule has 4 aromatic rings. The molecule has 0 spiro atoms. The average molecular weight is 460 g/mol. The van der Waals surface area contributed by atoms with Crippen molar-refractivity contribution in [3.8, 4) is 0 Å². The molecule has 1 amide bonds. The number of likely N-dealkylation sites (N-methyl/N-ethyl adjacent to an activating group) is 1. The van der Waals surface area contributed by atoms with Gasteiger partial charge in [0, 0.05) is 31.4 Å². The Morgan fingerprint density at radius 2 is 1.85 bits per heavy atom. The first kappa shape index (κ1) is 21.8. The number of hydrogen-bond donors (Lipinski definition) is 0. The molecule has 2 heterocycles. The lowest BCUT2D eigenvalue weighted by Crippen LogP contribution is -2.37. The summed E-state index contributed by atoms with van der Waals surface area (Å²) in [6.07, 6.45) is 2.80. The van der Waals surface area contributed by atoms with Gasteiger partial charge in [0.25, 0.3) is 5.91 Å². The molecule has 0 aliphatic heterocycles. The van der Waals surface area contributed by atoms with Gasteiger partial charge in [-0.15, -0.1) is 11.3 Å². The van der Waals surface area contributed by atoms with Crippen molar-refractivity contribution in [2.45, 2.75) is 38.4 Å². The molecule has 6 nitrogen and oxygen atoms in total. The van der Waals surface area contributed by atoms with Crippen LogP contribution >= 0.6 is 11.3 Å². The van der Waals surface area contributed by atoms with Gasteiger partial charge in [-0.3, -0.25) is 14.4 Å². The van der Waals surface area contributed by atoms with E-state index in [0.717, 1.165) is 41.9 Å². The molecule has 0 radical (unpaired) electrons. The minimum atomic E-state index is -0.0208. The van der Waals surface area contributed by atoms with Crippen LogP contribution in [0.5, 0.6) is 0 Å².